The van der Waals surface area contributed by atoms with E-state index in [1.807, 2.05) is 0 Å². The van der Waals surface area contributed by atoms with Gasteiger partial charge in [-0.15, -0.1) is 12.4 Å². The monoisotopic (exact) mass is 300 g/mol. The summed E-state index contributed by atoms with van der Waals surface area (Å²) in [4.78, 5) is 14.6. The topological polar surface area (TPSA) is 46.3 Å². The quantitative estimate of drug-likeness (QED) is 0.871. The molecule has 1 saturated heterocycles. The molecule has 1 amide bonds. The van der Waals surface area contributed by atoms with Gasteiger partial charge in [0.2, 0.25) is 5.91 Å². The lowest BCUT2D eigenvalue weighted by Crippen LogP contribution is -2.35. The SMILES string of the molecule is CC1(CN)CCN(C(=O)C2CC2C2CCCCC2)C1.Cl. The highest BCUT2D eigenvalue weighted by Crippen LogP contribution is 2.50. The van der Waals surface area contributed by atoms with Crippen LogP contribution in [0.25, 0.3) is 0 Å². The summed E-state index contributed by atoms with van der Waals surface area (Å²) in [6.45, 7) is 4.73. The van der Waals surface area contributed by atoms with Crippen molar-refractivity contribution in [3.05, 3.63) is 0 Å². The molecule has 0 radical (unpaired) electrons. The smallest absolute Gasteiger partial charge is 0.226 e. The number of hydrogen-bond donors (Lipinski definition) is 1. The number of rotatable bonds is 3. The van der Waals surface area contributed by atoms with Gasteiger partial charge >= 0.3 is 0 Å². The molecule has 116 valence electrons. The van der Waals surface area contributed by atoms with Crippen molar-refractivity contribution in [1.29, 1.82) is 0 Å². The minimum Gasteiger partial charge on any atom is -0.342 e. The van der Waals surface area contributed by atoms with Crippen LogP contribution in [0.4, 0.5) is 0 Å². The van der Waals surface area contributed by atoms with Gasteiger partial charge in [0.1, 0.15) is 0 Å². The van der Waals surface area contributed by atoms with Crippen molar-refractivity contribution in [2.24, 2.45) is 28.9 Å². The zero-order valence-corrected chi connectivity index (χ0v) is 13.5. The van der Waals surface area contributed by atoms with Crippen LogP contribution < -0.4 is 5.73 Å². The van der Waals surface area contributed by atoms with Crippen molar-refractivity contribution in [2.75, 3.05) is 19.6 Å². The molecule has 0 spiro atoms. The van der Waals surface area contributed by atoms with Crippen molar-refractivity contribution in [2.45, 2.75) is 51.9 Å². The Morgan fingerprint density at radius 1 is 1.30 bits per heavy atom. The predicted octanol–water partition coefficient (Wildman–Crippen LogP) is 2.82. The van der Waals surface area contributed by atoms with Gasteiger partial charge in [-0.2, -0.15) is 0 Å². The summed E-state index contributed by atoms with van der Waals surface area (Å²) in [6.07, 6.45) is 9.16. The molecule has 20 heavy (non-hydrogen) atoms. The molecule has 3 rings (SSSR count). The third kappa shape index (κ3) is 3.14. The molecule has 0 bridgehead atoms. The molecule has 2 saturated carbocycles. The molecule has 3 nitrogen and oxygen atoms in total. The van der Waals surface area contributed by atoms with Crippen LogP contribution >= 0.6 is 12.4 Å². The number of nitrogens with two attached hydrogens (primary N) is 1. The molecule has 3 unspecified atom stereocenters. The van der Waals surface area contributed by atoms with Crippen molar-refractivity contribution in [3.63, 3.8) is 0 Å². The summed E-state index contributed by atoms with van der Waals surface area (Å²) >= 11 is 0. The van der Waals surface area contributed by atoms with E-state index in [-0.39, 0.29) is 17.8 Å². The molecular weight excluding hydrogens is 272 g/mol. The molecule has 3 aliphatic rings. The second-order valence-electron chi connectivity index (χ2n) is 7.43. The number of likely N-dealkylation sites (tertiary alicyclic amines) is 1. The van der Waals surface area contributed by atoms with Crippen LogP contribution in [0.2, 0.25) is 0 Å². The van der Waals surface area contributed by atoms with E-state index in [1.54, 1.807) is 0 Å². The zero-order chi connectivity index (χ0) is 13.5. The Kier molecular flexibility index (Phi) is 5.01. The average molecular weight is 301 g/mol. The number of carbonyl (C=O) groups excluding carboxylic acids is 1. The van der Waals surface area contributed by atoms with E-state index in [1.165, 1.54) is 38.5 Å². The Balaban J connectivity index is 0.00000147. The Labute approximate surface area is 129 Å². The number of amides is 1. The van der Waals surface area contributed by atoms with Gasteiger partial charge in [0.05, 0.1) is 0 Å². The first-order chi connectivity index (χ1) is 9.13. The van der Waals surface area contributed by atoms with E-state index in [2.05, 4.69) is 11.8 Å². The number of nitrogens with zero attached hydrogens (tertiary/aromatic N) is 1. The van der Waals surface area contributed by atoms with Crippen LogP contribution in [-0.4, -0.2) is 30.4 Å². The fourth-order valence-corrected chi connectivity index (χ4v) is 4.19. The highest BCUT2D eigenvalue weighted by molar-refractivity contribution is 5.85. The van der Waals surface area contributed by atoms with Gasteiger partial charge in [0.25, 0.3) is 0 Å². The maximum atomic E-state index is 12.5. The maximum absolute atomic E-state index is 12.5. The lowest BCUT2D eigenvalue weighted by molar-refractivity contribution is -0.132. The van der Waals surface area contributed by atoms with Crippen LogP contribution in [0.15, 0.2) is 0 Å². The third-order valence-corrected chi connectivity index (χ3v) is 5.77. The van der Waals surface area contributed by atoms with Crippen LogP contribution in [-0.2, 0) is 4.79 Å². The summed E-state index contributed by atoms with van der Waals surface area (Å²) in [5.74, 6) is 2.37. The van der Waals surface area contributed by atoms with Gasteiger partial charge in [0.15, 0.2) is 0 Å². The van der Waals surface area contributed by atoms with Crippen LogP contribution in [0.3, 0.4) is 0 Å². The molecule has 1 aliphatic heterocycles. The van der Waals surface area contributed by atoms with Crippen molar-refractivity contribution in [1.82, 2.24) is 4.90 Å². The molecule has 1 heterocycles. The standard InChI is InChI=1S/C16H28N2O.ClH/c1-16(10-17)7-8-18(11-16)15(19)14-9-13(14)12-5-3-2-4-6-12;/h12-14H,2-11,17H2,1H3;1H. The largest absolute Gasteiger partial charge is 0.342 e. The van der Waals surface area contributed by atoms with Gasteiger partial charge in [-0.1, -0.05) is 39.0 Å². The van der Waals surface area contributed by atoms with Gasteiger partial charge in [-0.05, 0) is 36.6 Å². The van der Waals surface area contributed by atoms with E-state index in [4.69, 9.17) is 5.73 Å². The van der Waals surface area contributed by atoms with E-state index in [0.29, 0.717) is 18.4 Å². The molecule has 0 aromatic heterocycles. The minimum atomic E-state index is 0. The molecule has 4 heteroatoms. The molecule has 2 aliphatic carbocycles. The second kappa shape index (κ2) is 6.23. The summed E-state index contributed by atoms with van der Waals surface area (Å²) in [5.41, 5.74) is 6.00. The molecule has 0 aromatic carbocycles. The highest BCUT2D eigenvalue weighted by Gasteiger charge is 2.50. The van der Waals surface area contributed by atoms with Gasteiger partial charge in [-0.3, -0.25) is 4.79 Å². The predicted molar refractivity (Wildman–Crippen MR) is 83.8 cm³/mol. The first-order valence-electron chi connectivity index (χ1n) is 8.12. The highest BCUT2D eigenvalue weighted by atomic mass is 35.5. The maximum Gasteiger partial charge on any atom is 0.226 e. The van der Waals surface area contributed by atoms with Crippen LogP contribution in [0.1, 0.15) is 51.9 Å². The Morgan fingerprint density at radius 3 is 2.60 bits per heavy atom. The number of hydrogen-bond acceptors (Lipinski definition) is 2. The van der Waals surface area contributed by atoms with E-state index < -0.39 is 0 Å². The Bertz CT molecular complexity index is 356. The van der Waals surface area contributed by atoms with Crippen molar-refractivity contribution >= 4 is 18.3 Å². The normalized spacial score (nSPS) is 37.6. The van der Waals surface area contributed by atoms with Crippen LogP contribution in [0, 0.1) is 23.2 Å². The van der Waals surface area contributed by atoms with Gasteiger partial charge in [0, 0.05) is 19.0 Å². The second-order valence-corrected chi connectivity index (χ2v) is 7.43. The first-order valence-corrected chi connectivity index (χ1v) is 8.12. The van der Waals surface area contributed by atoms with Crippen molar-refractivity contribution < 1.29 is 4.79 Å². The van der Waals surface area contributed by atoms with Gasteiger partial charge < -0.3 is 10.6 Å². The Hall–Kier alpha value is -0.280. The van der Waals surface area contributed by atoms with Crippen LogP contribution in [0.5, 0.6) is 0 Å². The lowest BCUT2D eigenvalue weighted by atomic mass is 9.85. The summed E-state index contributed by atoms with van der Waals surface area (Å²) in [6, 6.07) is 0. The molecule has 2 N–H and O–H groups in total. The summed E-state index contributed by atoms with van der Waals surface area (Å²) < 4.78 is 0. The fourth-order valence-electron chi connectivity index (χ4n) is 4.19. The molecule has 3 atom stereocenters. The minimum absolute atomic E-state index is 0. The number of carbonyl (C=O) groups is 1. The van der Waals surface area contributed by atoms with Gasteiger partial charge in [-0.25, -0.2) is 0 Å². The summed E-state index contributed by atoms with van der Waals surface area (Å²) in [7, 11) is 0. The third-order valence-electron chi connectivity index (χ3n) is 5.77. The fraction of sp³-hybridized carbons (Fsp3) is 0.938. The Morgan fingerprint density at radius 2 is 2.00 bits per heavy atom. The van der Waals surface area contributed by atoms with E-state index in [9.17, 15) is 4.79 Å². The van der Waals surface area contributed by atoms with E-state index >= 15 is 0 Å². The van der Waals surface area contributed by atoms with Crippen molar-refractivity contribution in [3.8, 4) is 0 Å². The average Bonchev–Trinajstić information content (AvgIpc) is 3.15. The first kappa shape index (κ1) is 16.1. The summed E-state index contributed by atoms with van der Waals surface area (Å²) in [5, 5.41) is 0. The lowest BCUT2D eigenvalue weighted by Gasteiger charge is -2.24. The van der Waals surface area contributed by atoms with E-state index in [0.717, 1.165) is 31.3 Å². The number of halogens is 1. The molecular formula is C16H29ClN2O. The zero-order valence-electron chi connectivity index (χ0n) is 12.6. The molecule has 3 fully saturated rings. The molecule has 0 aromatic rings.